The van der Waals surface area contributed by atoms with E-state index in [4.69, 9.17) is 0 Å². The van der Waals surface area contributed by atoms with Gasteiger partial charge >= 0.3 is 0 Å². The van der Waals surface area contributed by atoms with E-state index in [2.05, 4.69) is 38.7 Å². The van der Waals surface area contributed by atoms with E-state index < -0.39 is 0 Å². The van der Waals surface area contributed by atoms with Crippen LogP contribution in [0.25, 0.3) is 0 Å². The molecule has 0 heterocycles. The van der Waals surface area contributed by atoms with Crippen LogP contribution in [-0.4, -0.2) is 22.4 Å². The lowest BCUT2D eigenvalue weighted by Crippen LogP contribution is -2.47. The smallest absolute Gasteiger partial charge is 0.0721 e. The summed E-state index contributed by atoms with van der Waals surface area (Å²) in [5.41, 5.74) is 3.06. The third-order valence-corrected chi connectivity index (χ3v) is 8.14. The molecule has 0 aromatic heterocycles. The Balaban J connectivity index is 1.76. The minimum absolute atomic E-state index is 0.0490. The number of hydrogen-bond donors (Lipinski definition) is 2. The number of aliphatic hydroxyl groups is 2. The van der Waals surface area contributed by atoms with Crippen molar-refractivity contribution in [3.63, 3.8) is 0 Å². The maximum absolute atomic E-state index is 11.0. The second kappa shape index (κ2) is 5.69. The lowest BCUT2D eigenvalue weighted by molar-refractivity contribution is -0.00118. The van der Waals surface area contributed by atoms with Crippen molar-refractivity contribution >= 4 is 0 Å². The molecule has 2 heteroatoms. The van der Waals surface area contributed by atoms with Crippen LogP contribution in [0.15, 0.2) is 48.1 Å². The summed E-state index contributed by atoms with van der Waals surface area (Å²) in [7, 11) is 0. The molecule has 2 nitrogen and oxygen atoms in total. The minimum atomic E-state index is -0.291. The van der Waals surface area contributed by atoms with Crippen molar-refractivity contribution in [3.8, 4) is 0 Å². The predicted molar refractivity (Wildman–Crippen MR) is 102 cm³/mol. The standard InChI is InChI=1S/C23H32O2/c1-4-5-17-18(21(2)11-6-16(24)7-12-21)9-15-23-19(17)8-13-22(23,3)14-10-20(23)25/h4-6,8,11,16,18,20,24-25H,1,7,9-10,12-15H2,2-3H3/b17-5+/t16?,18?,20?,21-,22+,23-/m1/s1. The fourth-order valence-electron chi connectivity index (χ4n) is 6.60. The molecule has 136 valence electrons. The predicted octanol–water partition coefficient (Wildman–Crippen LogP) is 4.70. The first-order valence-corrected chi connectivity index (χ1v) is 9.95. The first-order valence-electron chi connectivity index (χ1n) is 9.95. The molecule has 3 unspecified atom stereocenters. The zero-order valence-electron chi connectivity index (χ0n) is 15.7. The molecule has 6 atom stereocenters. The van der Waals surface area contributed by atoms with Gasteiger partial charge in [0, 0.05) is 5.41 Å². The van der Waals surface area contributed by atoms with Crippen LogP contribution in [0.4, 0.5) is 0 Å². The molecule has 0 saturated heterocycles. The van der Waals surface area contributed by atoms with E-state index in [-0.39, 0.29) is 28.5 Å². The molecule has 0 aromatic rings. The van der Waals surface area contributed by atoms with Gasteiger partial charge in [-0.15, -0.1) is 0 Å². The van der Waals surface area contributed by atoms with E-state index >= 15 is 0 Å². The van der Waals surface area contributed by atoms with Gasteiger partial charge in [-0.3, -0.25) is 0 Å². The molecule has 4 aliphatic carbocycles. The van der Waals surface area contributed by atoms with E-state index in [0.29, 0.717) is 5.92 Å². The molecular weight excluding hydrogens is 308 g/mol. The molecule has 0 bridgehead atoms. The van der Waals surface area contributed by atoms with Crippen molar-refractivity contribution in [2.75, 3.05) is 0 Å². The number of hydrogen-bond acceptors (Lipinski definition) is 2. The summed E-state index contributed by atoms with van der Waals surface area (Å²) in [4.78, 5) is 0. The summed E-state index contributed by atoms with van der Waals surface area (Å²) in [6, 6.07) is 0. The van der Waals surface area contributed by atoms with Crippen molar-refractivity contribution < 1.29 is 10.2 Å². The van der Waals surface area contributed by atoms with Crippen molar-refractivity contribution in [1.29, 1.82) is 0 Å². The Morgan fingerprint density at radius 1 is 1.12 bits per heavy atom. The van der Waals surface area contributed by atoms with E-state index in [1.807, 2.05) is 12.2 Å². The van der Waals surface area contributed by atoms with E-state index in [1.165, 1.54) is 11.1 Å². The van der Waals surface area contributed by atoms with Gasteiger partial charge in [-0.25, -0.2) is 0 Å². The van der Waals surface area contributed by atoms with Crippen LogP contribution in [-0.2, 0) is 0 Å². The maximum atomic E-state index is 11.0. The van der Waals surface area contributed by atoms with Crippen molar-refractivity contribution in [3.05, 3.63) is 48.1 Å². The van der Waals surface area contributed by atoms with E-state index in [9.17, 15) is 10.2 Å². The molecule has 25 heavy (non-hydrogen) atoms. The topological polar surface area (TPSA) is 40.5 Å². The number of rotatable bonds is 2. The summed E-state index contributed by atoms with van der Waals surface area (Å²) < 4.78 is 0. The average Bonchev–Trinajstić information content (AvgIpc) is 3.02. The third kappa shape index (κ3) is 2.23. The van der Waals surface area contributed by atoms with Crippen LogP contribution in [0.1, 0.15) is 58.8 Å². The fourth-order valence-corrected chi connectivity index (χ4v) is 6.60. The van der Waals surface area contributed by atoms with Gasteiger partial charge in [0.1, 0.15) is 0 Å². The molecule has 0 aliphatic heterocycles. The van der Waals surface area contributed by atoms with Crippen molar-refractivity contribution in [2.45, 2.75) is 71.0 Å². The summed E-state index contributed by atoms with van der Waals surface area (Å²) in [6.07, 6.45) is 17.5. The number of aliphatic hydroxyl groups excluding tert-OH is 2. The molecule has 4 rings (SSSR count). The van der Waals surface area contributed by atoms with Crippen LogP contribution in [0.3, 0.4) is 0 Å². The van der Waals surface area contributed by atoms with Crippen LogP contribution < -0.4 is 0 Å². The Morgan fingerprint density at radius 3 is 2.60 bits per heavy atom. The lowest BCUT2D eigenvalue weighted by atomic mass is 9.52. The van der Waals surface area contributed by atoms with Gasteiger partial charge in [-0.1, -0.05) is 50.8 Å². The normalized spacial score (nSPS) is 50.5. The van der Waals surface area contributed by atoms with Gasteiger partial charge in [0.2, 0.25) is 0 Å². The van der Waals surface area contributed by atoms with Gasteiger partial charge in [0.05, 0.1) is 12.2 Å². The summed E-state index contributed by atoms with van der Waals surface area (Å²) in [5, 5.41) is 20.9. The highest BCUT2D eigenvalue weighted by Crippen LogP contribution is 2.70. The van der Waals surface area contributed by atoms with E-state index in [0.717, 1.165) is 44.9 Å². The second-order valence-electron chi connectivity index (χ2n) is 9.33. The monoisotopic (exact) mass is 340 g/mol. The van der Waals surface area contributed by atoms with Crippen molar-refractivity contribution in [2.24, 2.45) is 22.2 Å². The highest BCUT2D eigenvalue weighted by molar-refractivity contribution is 5.50. The Kier molecular flexibility index (Phi) is 3.94. The van der Waals surface area contributed by atoms with Gasteiger partial charge in [0.15, 0.2) is 0 Å². The van der Waals surface area contributed by atoms with Crippen LogP contribution in [0.5, 0.6) is 0 Å². The Labute approximate surface area is 152 Å². The Morgan fingerprint density at radius 2 is 1.92 bits per heavy atom. The minimum Gasteiger partial charge on any atom is -0.392 e. The second-order valence-corrected chi connectivity index (χ2v) is 9.33. The van der Waals surface area contributed by atoms with Gasteiger partial charge in [0.25, 0.3) is 0 Å². The van der Waals surface area contributed by atoms with E-state index in [1.54, 1.807) is 0 Å². The maximum Gasteiger partial charge on any atom is 0.0721 e. The fraction of sp³-hybridized carbons (Fsp3) is 0.652. The first kappa shape index (κ1) is 17.3. The molecule has 0 aromatic carbocycles. The van der Waals surface area contributed by atoms with Gasteiger partial charge < -0.3 is 10.2 Å². The quantitative estimate of drug-likeness (QED) is 0.715. The molecule has 0 amide bonds. The average molecular weight is 341 g/mol. The highest BCUT2D eigenvalue weighted by Gasteiger charge is 2.64. The van der Waals surface area contributed by atoms with Gasteiger partial charge in [-0.2, -0.15) is 0 Å². The van der Waals surface area contributed by atoms with Crippen molar-refractivity contribution in [1.82, 2.24) is 0 Å². The number of allylic oxidation sites excluding steroid dienone is 5. The molecule has 2 N–H and O–H groups in total. The molecule has 0 radical (unpaired) electrons. The molecule has 1 spiro atoms. The molecule has 2 saturated carbocycles. The third-order valence-electron chi connectivity index (χ3n) is 8.14. The SMILES string of the molecule is C=C/C=C1/C2=CC[C@@]3(C)CCC(O)[C@@]23CCC1[C@]1(C)C=CC(O)CC1. The first-order chi connectivity index (χ1) is 11.9. The zero-order valence-corrected chi connectivity index (χ0v) is 15.7. The van der Waals surface area contributed by atoms with Crippen LogP contribution in [0.2, 0.25) is 0 Å². The largest absolute Gasteiger partial charge is 0.392 e. The zero-order chi connectivity index (χ0) is 17.9. The summed E-state index contributed by atoms with van der Waals surface area (Å²) in [5.74, 6) is 0.446. The van der Waals surface area contributed by atoms with Gasteiger partial charge in [-0.05, 0) is 72.8 Å². The molecule has 2 fully saturated rings. The van der Waals surface area contributed by atoms with Crippen LogP contribution >= 0.6 is 0 Å². The molecular formula is C23H32O2. The lowest BCUT2D eigenvalue weighted by Gasteiger charge is -2.52. The Bertz CT molecular complexity index is 672. The Hall–Kier alpha value is -1.12. The summed E-state index contributed by atoms with van der Waals surface area (Å²) >= 11 is 0. The van der Waals surface area contributed by atoms with Crippen LogP contribution in [0, 0.1) is 22.2 Å². The molecule has 4 aliphatic rings. The summed E-state index contributed by atoms with van der Waals surface area (Å²) in [6.45, 7) is 8.71. The highest BCUT2D eigenvalue weighted by atomic mass is 16.3.